The maximum Gasteiger partial charge on any atom is 0.243 e. The summed E-state index contributed by atoms with van der Waals surface area (Å²) in [5, 5.41) is 2.59. The molecule has 0 unspecified atom stereocenters. The number of ether oxygens (including phenoxy) is 1. The maximum absolute atomic E-state index is 12.7. The van der Waals surface area contributed by atoms with Gasteiger partial charge in [-0.1, -0.05) is 0 Å². The Labute approximate surface area is 131 Å². The van der Waals surface area contributed by atoms with E-state index in [9.17, 15) is 13.2 Å². The Bertz CT molecular complexity index is 658. The fourth-order valence-corrected chi connectivity index (χ4v) is 4.35. The minimum Gasteiger partial charge on any atom is -0.496 e. The quantitative estimate of drug-likeness (QED) is 0.900. The summed E-state index contributed by atoms with van der Waals surface area (Å²) in [5.41, 5.74) is 0.767. The molecule has 122 valence electrons. The molecule has 0 spiro atoms. The Hall–Kier alpha value is -1.60. The number of carbonyl (C=O) groups is 1. The molecule has 7 heteroatoms. The smallest absolute Gasteiger partial charge is 0.243 e. The zero-order valence-corrected chi connectivity index (χ0v) is 13.9. The fourth-order valence-electron chi connectivity index (χ4n) is 2.74. The number of amides is 1. The van der Waals surface area contributed by atoms with Crippen molar-refractivity contribution in [3.05, 3.63) is 23.8 Å². The van der Waals surface area contributed by atoms with E-state index < -0.39 is 10.0 Å². The number of benzene rings is 1. The van der Waals surface area contributed by atoms with Gasteiger partial charge in [-0.2, -0.15) is 4.31 Å². The van der Waals surface area contributed by atoms with Gasteiger partial charge in [-0.15, -0.1) is 0 Å². The average molecular weight is 326 g/mol. The van der Waals surface area contributed by atoms with Crippen molar-refractivity contribution in [2.24, 2.45) is 5.92 Å². The first-order chi connectivity index (χ1) is 10.4. The molecule has 22 heavy (non-hydrogen) atoms. The first-order valence-electron chi connectivity index (χ1n) is 7.26. The Morgan fingerprint density at radius 2 is 2.14 bits per heavy atom. The molecule has 1 aromatic rings. The van der Waals surface area contributed by atoms with Crippen LogP contribution in [0, 0.1) is 12.8 Å². The van der Waals surface area contributed by atoms with E-state index in [2.05, 4.69) is 5.32 Å². The number of nitrogens with one attached hydrogen (secondary N) is 1. The molecule has 1 aromatic carbocycles. The van der Waals surface area contributed by atoms with Crippen LogP contribution < -0.4 is 10.1 Å². The molecular weight excluding hydrogens is 304 g/mol. The predicted octanol–water partition coefficient (Wildman–Crippen LogP) is 1.15. The van der Waals surface area contributed by atoms with Crippen LogP contribution in [0.4, 0.5) is 0 Å². The summed E-state index contributed by atoms with van der Waals surface area (Å²) in [4.78, 5) is 12.0. The van der Waals surface area contributed by atoms with Crippen LogP contribution in [-0.2, 0) is 14.8 Å². The topological polar surface area (TPSA) is 75.7 Å². The molecule has 1 atom stereocenters. The molecular formula is C15H22N2O4S. The Balaban J connectivity index is 2.26. The molecule has 1 aliphatic rings. The molecule has 1 aliphatic heterocycles. The third-order valence-corrected chi connectivity index (χ3v) is 5.87. The number of piperidine rings is 1. The van der Waals surface area contributed by atoms with Crippen LogP contribution in [0.25, 0.3) is 0 Å². The number of aryl methyl sites for hydroxylation is 1. The van der Waals surface area contributed by atoms with E-state index >= 15 is 0 Å². The molecule has 2 rings (SSSR count). The van der Waals surface area contributed by atoms with Crippen LogP contribution in [0.15, 0.2) is 23.1 Å². The normalized spacial score (nSPS) is 19.7. The number of methoxy groups -OCH3 is 1. The lowest BCUT2D eigenvalue weighted by Crippen LogP contribution is -2.44. The molecule has 1 amide bonds. The lowest BCUT2D eigenvalue weighted by atomic mass is 9.99. The second kappa shape index (κ2) is 6.66. The van der Waals surface area contributed by atoms with Gasteiger partial charge in [0.25, 0.3) is 0 Å². The summed E-state index contributed by atoms with van der Waals surface area (Å²) in [6.07, 6.45) is 1.40. The zero-order chi connectivity index (χ0) is 16.3. The first kappa shape index (κ1) is 16.8. The summed E-state index contributed by atoms with van der Waals surface area (Å²) in [6.45, 7) is 2.48. The van der Waals surface area contributed by atoms with Gasteiger partial charge in [0, 0.05) is 20.1 Å². The van der Waals surface area contributed by atoms with E-state index in [1.165, 1.54) is 4.31 Å². The third-order valence-electron chi connectivity index (χ3n) is 4.01. The fraction of sp³-hybridized carbons (Fsp3) is 0.533. The number of nitrogens with zero attached hydrogens (tertiary/aromatic N) is 1. The molecule has 1 fully saturated rings. The van der Waals surface area contributed by atoms with Crippen LogP contribution in [0.2, 0.25) is 0 Å². The molecule has 0 radical (unpaired) electrons. The number of carbonyl (C=O) groups excluding carboxylic acids is 1. The molecule has 0 bridgehead atoms. The summed E-state index contributed by atoms with van der Waals surface area (Å²) < 4.78 is 32.1. The van der Waals surface area contributed by atoms with Gasteiger partial charge in [0.1, 0.15) is 5.75 Å². The Morgan fingerprint density at radius 3 is 2.73 bits per heavy atom. The summed E-state index contributed by atoms with van der Waals surface area (Å²) >= 11 is 0. The van der Waals surface area contributed by atoms with Crippen LogP contribution in [0.1, 0.15) is 18.4 Å². The van der Waals surface area contributed by atoms with E-state index in [0.717, 1.165) is 5.56 Å². The zero-order valence-electron chi connectivity index (χ0n) is 13.1. The van der Waals surface area contributed by atoms with Gasteiger partial charge in [-0.05, 0) is 43.5 Å². The van der Waals surface area contributed by atoms with Crippen molar-refractivity contribution in [2.75, 3.05) is 27.2 Å². The van der Waals surface area contributed by atoms with Gasteiger partial charge in [0.2, 0.25) is 15.9 Å². The number of hydrogen-bond donors (Lipinski definition) is 1. The molecule has 0 aliphatic carbocycles. The van der Waals surface area contributed by atoms with E-state index in [1.807, 2.05) is 0 Å². The maximum atomic E-state index is 12.7. The second-order valence-corrected chi connectivity index (χ2v) is 7.39. The Morgan fingerprint density at radius 1 is 1.41 bits per heavy atom. The van der Waals surface area contributed by atoms with Crippen molar-refractivity contribution in [1.82, 2.24) is 9.62 Å². The molecule has 1 saturated heterocycles. The third kappa shape index (κ3) is 3.25. The summed E-state index contributed by atoms with van der Waals surface area (Å²) in [6, 6.07) is 4.81. The van der Waals surface area contributed by atoms with E-state index in [-0.39, 0.29) is 23.3 Å². The van der Waals surface area contributed by atoms with Gasteiger partial charge in [0.05, 0.1) is 17.9 Å². The van der Waals surface area contributed by atoms with Crippen LogP contribution in [0.3, 0.4) is 0 Å². The van der Waals surface area contributed by atoms with E-state index in [0.29, 0.717) is 25.1 Å². The van der Waals surface area contributed by atoms with Gasteiger partial charge in [-0.25, -0.2) is 8.42 Å². The van der Waals surface area contributed by atoms with Crippen LogP contribution in [0.5, 0.6) is 5.75 Å². The largest absolute Gasteiger partial charge is 0.496 e. The van der Waals surface area contributed by atoms with Crippen molar-refractivity contribution < 1.29 is 17.9 Å². The number of sulfonamides is 1. The van der Waals surface area contributed by atoms with Crippen molar-refractivity contribution in [3.8, 4) is 5.75 Å². The average Bonchev–Trinajstić information content (AvgIpc) is 2.54. The second-order valence-electron chi connectivity index (χ2n) is 5.45. The highest BCUT2D eigenvalue weighted by Crippen LogP contribution is 2.27. The van der Waals surface area contributed by atoms with Gasteiger partial charge in [-0.3, -0.25) is 4.79 Å². The van der Waals surface area contributed by atoms with Crippen LogP contribution >= 0.6 is 0 Å². The Kier molecular flexibility index (Phi) is 5.08. The van der Waals surface area contributed by atoms with Gasteiger partial charge >= 0.3 is 0 Å². The first-order valence-corrected chi connectivity index (χ1v) is 8.70. The molecule has 0 aromatic heterocycles. The molecule has 1 N–H and O–H groups in total. The van der Waals surface area contributed by atoms with E-state index in [1.54, 1.807) is 39.3 Å². The minimum absolute atomic E-state index is 0.106. The lowest BCUT2D eigenvalue weighted by Gasteiger charge is -2.31. The SMILES string of the molecule is CNC(=O)[C@@H]1CCCN(S(=O)(=O)c2ccc(OC)c(C)c2)C1. The molecule has 0 saturated carbocycles. The minimum atomic E-state index is -3.59. The van der Waals surface area contributed by atoms with Crippen molar-refractivity contribution in [3.63, 3.8) is 0 Å². The van der Waals surface area contributed by atoms with Crippen molar-refractivity contribution in [1.29, 1.82) is 0 Å². The van der Waals surface area contributed by atoms with Gasteiger partial charge in [0.15, 0.2) is 0 Å². The monoisotopic (exact) mass is 326 g/mol. The van der Waals surface area contributed by atoms with E-state index in [4.69, 9.17) is 4.74 Å². The lowest BCUT2D eigenvalue weighted by molar-refractivity contribution is -0.125. The standard InChI is InChI=1S/C15H22N2O4S/c1-11-9-13(6-7-14(11)21-3)22(19,20)17-8-4-5-12(10-17)15(18)16-2/h6-7,9,12H,4-5,8,10H2,1-3H3,(H,16,18)/t12-/m1/s1. The predicted molar refractivity (Wildman–Crippen MR) is 83.3 cm³/mol. The highest BCUT2D eigenvalue weighted by atomic mass is 32.2. The number of rotatable bonds is 4. The summed E-state index contributed by atoms with van der Waals surface area (Å²) in [5.74, 6) is 0.263. The van der Waals surface area contributed by atoms with Crippen LogP contribution in [-0.4, -0.2) is 45.9 Å². The molecule has 6 nitrogen and oxygen atoms in total. The summed E-state index contributed by atoms with van der Waals surface area (Å²) in [7, 11) is -0.464. The van der Waals surface area contributed by atoms with Crippen molar-refractivity contribution in [2.45, 2.75) is 24.7 Å². The van der Waals surface area contributed by atoms with Gasteiger partial charge < -0.3 is 10.1 Å². The van der Waals surface area contributed by atoms with Crippen molar-refractivity contribution >= 4 is 15.9 Å². The highest BCUT2D eigenvalue weighted by Gasteiger charge is 2.33. The highest BCUT2D eigenvalue weighted by molar-refractivity contribution is 7.89. The molecule has 1 heterocycles. The number of hydrogen-bond acceptors (Lipinski definition) is 4.